The van der Waals surface area contributed by atoms with E-state index in [1.54, 1.807) is 30.6 Å². The summed E-state index contributed by atoms with van der Waals surface area (Å²) in [5.74, 6) is -1.19. The molecule has 1 atom stereocenters. The number of hydrogen-bond acceptors (Lipinski definition) is 6. The number of aromatic nitrogens is 3. The van der Waals surface area contributed by atoms with E-state index in [2.05, 4.69) is 10.2 Å². The van der Waals surface area contributed by atoms with E-state index in [4.69, 9.17) is 8.74 Å². The number of hydrogen-bond donors (Lipinski definition) is 3. The summed E-state index contributed by atoms with van der Waals surface area (Å²) in [5.41, 5.74) is 2.64. The van der Waals surface area contributed by atoms with E-state index in [0.29, 0.717) is 22.0 Å². The molecule has 0 aliphatic rings. The number of carboxylic acids is 1. The largest absolute Gasteiger partial charge is 0.480 e. The van der Waals surface area contributed by atoms with Gasteiger partial charge in [-0.25, -0.2) is 4.21 Å². The molecule has 0 fully saturated rings. The van der Waals surface area contributed by atoms with Crippen molar-refractivity contribution >= 4 is 38.1 Å². The van der Waals surface area contributed by atoms with Crippen LogP contribution < -0.4 is 4.18 Å². The van der Waals surface area contributed by atoms with Crippen molar-refractivity contribution in [1.29, 1.82) is 0 Å². The molecule has 2 aromatic carbocycles. The molecule has 0 spiro atoms. The van der Waals surface area contributed by atoms with Gasteiger partial charge in [0, 0.05) is 22.8 Å². The molecule has 4 rings (SSSR count). The van der Waals surface area contributed by atoms with Crippen LogP contribution in [0.5, 0.6) is 5.75 Å². The summed E-state index contributed by atoms with van der Waals surface area (Å²) in [6.07, 6.45) is 3.25. The minimum absolute atomic E-state index is 0.0204. The van der Waals surface area contributed by atoms with Gasteiger partial charge in [0.15, 0.2) is 11.1 Å². The van der Waals surface area contributed by atoms with Crippen molar-refractivity contribution in [2.45, 2.75) is 24.1 Å². The lowest BCUT2D eigenvalue weighted by molar-refractivity contribution is -0.137. The maximum absolute atomic E-state index is 13.3. The Balaban J connectivity index is 1.81. The molecule has 1 unspecified atom stereocenters. The number of rotatable bonds is 8. The smallest absolute Gasteiger partial charge is 0.341 e. The molecule has 33 heavy (non-hydrogen) atoms. The molecular formula is C21H19N3O7S2. The molecule has 0 bridgehead atoms. The Morgan fingerprint density at radius 1 is 1.18 bits per heavy atom. The first-order chi connectivity index (χ1) is 15.7. The monoisotopic (exact) mass is 489 g/mol. The van der Waals surface area contributed by atoms with Crippen LogP contribution in [0.2, 0.25) is 0 Å². The Hall–Kier alpha value is -3.48. The van der Waals surface area contributed by atoms with Gasteiger partial charge in [-0.15, -0.1) is 0 Å². The van der Waals surface area contributed by atoms with Crippen molar-refractivity contribution in [2.75, 3.05) is 0 Å². The summed E-state index contributed by atoms with van der Waals surface area (Å²) >= 11 is -2.02. The first-order valence-corrected chi connectivity index (χ1v) is 12.3. The average molecular weight is 490 g/mol. The van der Waals surface area contributed by atoms with E-state index in [-0.39, 0.29) is 22.1 Å². The van der Waals surface area contributed by atoms with Crippen molar-refractivity contribution in [1.82, 2.24) is 14.8 Å². The molecule has 2 aromatic heterocycles. The number of fused-ring (bicyclic) bond motifs is 1. The summed E-state index contributed by atoms with van der Waals surface area (Å²) in [6, 6.07) is 10.8. The summed E-state index contributed by atoms with van der Waals surface area (Å²) in [6.45, 7) is 1.10. The highest BCUT2D eigenvalue weighted by Crippen LogP contribution is 2.34. The second kappa shape index (κ2) is 8.81. The van der Waals surface area contributed by atoms with Crippen LogP contribution >= 0.6 is 0 Å². The number of benzene rings is 2. The fourth-order valence-electron chi connectivity index (χ4n) is 3.65. The Bertz CT molecular complexity index is 1460. The number of H-pyrrole nitrogens is 1. The summed E-state index contributed by atoms with van der Waals surface area (Å²) in [7, 11) is -4.35. The highest BCUT2D eigenvalue weighted by atomic mass is 32.2. The van der Waals surface area contributed by atoms with E-state index in [1.165, 1.54) is 35.8 Å². The second-order valence-electron chi connectivity index (χ2n) is 7.26. The highest BCUT2D eigenvalue weighted by Gasteiger charge is 2.28. The Kier molecular flexibility index (Phi) is 6.06. The standard InChI is InChI=1S/C21H19N3O7S2/c1-13-21(33(29,30)31-17-5-2-14(3-6-17)12-32(27)28)18-8-15(16-9-22-23-10-16)4-7-19(18)24(13)11-20(25)26/h2-10H,11-12H2,1H3,(H,22,23)(H,25,26)(H,27,28). The molecule has 0 saturated heterocycles. The zero-order valence-electron chi connectivity index (χ0n) is 17.3. The molecule has 12 heteroatoms. The molecule has 0 saturated carbocycles. The Morgan fingerprint density at radius 2 is 1.91 bits per heavy atom. The van der Waals surface area contributed by atoms with Gasteiger partial charge in [0.2, 0.25) is 0 Å². The van der Waals surface area contributed by atoms with Crippen molar-refractivity contribution in [3.8, 4) is 16.9 Å². The number of aliphatic carboxylic acids is 1. The van der Waals surface area contributed by atoms with E-state index in [0.717, 1.165) is 5.56 Å². The molecule has 2 heterocycles. The summed E-state index contributed by atoms with van der Waals surface area (Å²) in [4.78, 5) is 11.3. The van der Waals surface area contributed by atoms with Gasteiger partial charge in [-0.2, -0.15) is 13.5 Å². The van der Waals surface area contributed by atoms with Gasteiger partial charge in [0.25, 0.3) is 0 Å². The SMILES string of the molecule is Cc1c(S(=O)(=O)Oc2ccc(CS(=O)O)cc2)c2cc(-c3cn[nH]c3)ccc2n1CC(=O)O. The molecular weight excluding hydrogens is 470 g/mol. The Labute approximate surface area is 191 Å². The fraction of sp³-hybridized carbons (Fsp3) is 0.143. The van der Waals surface area contributed by atoms with Gasteiger partial charge in [-0.3, -0.25) is 9.89 Å². The van der Waals surface area contributed by atoms with Gasteiger partial charge in [0.1, 0.15) is 17.2 Å². The number of carboxylic acid groups (broad SMARTS) is 1. The number of nitrogens with zero attached hydrogens (tertiary/aromatic N) is 2. The minimum atomic E-state index is -4.35. The number of carbonyl (C=O) groups is 1. The van der Waals surface area contributed by atoms with Crippen molar-refractivity contribution in [3.05, 3.63) is 66.1 Å². The van der Waals surface area contributed by atoms with Crippen LogP contribution in [0, 0.1) is 6.92 Å². The average Bonchev–Trinajstić information content (AvgIpc) is 3.36. The van der Waals surface area contributed by atoms with Crippen LogP contribution in [0.1, 0.15) is 11.3 Å². The first-order valence-electron chi connectivity index (χ1n) is 9.60. The minimum Gasteiger partial charge on any atom is -0.480 e. The molecule has 0 amide bonds. The van der Waals surface area contributed by atoms with E-state index < -0.39 is 33.7 Å². The Morgan fingerprint density at radius 3 is 2.52 bits per heavy atom. The molecule has 172 valence electrons. The molecule has 0 aliphatic heterocycles. The zero-order valence-corrected chi connectivity index (χ0v) is 18.9. The van der Waals surface area contributed by atoms with Gasteiger partial charge in [0.05, 0.1) is 17.5 Å². The van der Waals surface area contributed by atoms with E-state index in [9.17, 15) is 22.5 Å². The van der Waals surface area contributed by atoms with Crippen LogP contribution in [0.4, 0.5) is 0 Å². The third kappa shape index (κ3) is 4.67. The van der Waals surface area contributed by atoms with Crippen molar-refractivity contribution in [3.63, 3.8) is 0 Å². The predicted octanol–water partition coefficient (Wildman–Crippen LogP) is 2.91. The molecule has 0 aliphatic carbocycles. The summed E-state index contributed by atoms with van der Waals surface area (Å²) < 4.78 is 53.3. The van der Waals surface area contributed by atoms with E-state index >= 15 is 0 Å². The van der Waals surface area contributed by atoms with Gasteiger partial charge < -0.3 is 18.4 Å². The third-order valence-electron chi connectivity index (χ3n) is 5.06. The molecule has 4 aromatic rings. The van der Waals surface area contributed by atoms with Crippen molar-refractivity contribution in [2.24, 2.45) is 0 Å². The molecule has 3 N–H and O–H groups in total. The van der Waals surface area contributed by atoms with Crippen molar-refractivity contribution < 1.29 is 31.3 Å². The zero-order chi connectivity index (χ0) is 23.8. The second-order valence-corrected chi connectivity index (χ2v) is 9.68. The number of nitrogens with one attached hydrogen (secondary N) is 1. The number of aromatic amines is 1. The lowest BCUT2D eigenvalue weighted by Gasteiger charge is -2.09. The summed E-state index contributed by atoms with van der Waals surface area (Å²) in [5, 5.41) is 16.3. The van der Waals surface area contributed by atoms with E-state index in [1.807, 2.05) is 0 Å². The van der Waals surface area contributed by atoms with Crippen LogP contribution in [0.3, 0.4) is 0 Å². The fourth-order valence-corrected chi connectivity index (χ4v) is 5.48. The lowest BCUT2D eigenvalue weighted by atomic mass is 10.1. The third-order valence-corrected chi connectivity index (χ3v) is 7.07. The predicted molar refractivity (Wildman–Crippen MR) is 121 cm³/mol. The van der Waals surface area contributed by atoms with Gasteiger partial charge >= 0.3 is 16.1 Å². The quantitative estimate of drug-likeness (QED) is 0.252. The maximum Gasteiger partial charge on any atom is 0.341 e. The van der Waals surface area contributed by atoms with Crippen LogP contribution in [-0.2, 0) is 38.3 Å². The first kappa shape index (κ1) is 22.7. The van der Waals surface area contributed by atoms with Crippen LogP contribution in [-0.4, -0.2) is 43.0 Å². The van der Waals surface area contributed by atoms with Crippen LogP contribution in [0.15, 0.2) is 59.8 Å². The topological polar surface area (TPSA) is 152 Å². The normalized spacial score (nSPS) is 12.7. The van der Waals surface area contributed by atoms with Crippen LogP contribution in [0.25, 0.3) is 22.0 Å². The van der Waals surface area contributed by atoms with Gasteiger partial charge in [-0.05, 0) is 42.3 Å². The highest BCUT2D eigenvalue weighted by molar-refractivity contribution is 7.87. The van der Waals surface area contributed by atoms with Gasteiger partial charge in [-0.1, -0.05) is 18.2 Å². The molecule has 10 nitrogen and oxygen atoms in total. The maximum atomic E-state index is 13.3. The lowest BCUT2D eigenvalue weighted by Crippen LogP contribution is -2.13. The molecule has 0 radical (unpaired) electrons.